The van der Waals surface area contributed by atoms with Gasteiger partial charge in [0.15, 0.2) is 17.0 Å². The van der Waals surface area contributed by atoms with Crippen LogP contribution in [-0.4, -0.2) is 55.2 Å². The number of aromatic nitrogens is 4. The topological polar surface area (TPSA) is 193 Å². The Morgan fingerprint density at radius 2 is 1.84 bits per heavy atom. The van der Waals surface area contributed by atoms with Crippen LogP contribution in [0.1, 0.15) is 24.1 Å². The van der Waals surface area contributed by atoms with E-state index in [0.29, 0.717) is 29.9 Å². The Balaban J connectivity index is 1.62. The maximum Gasteiger partial charge on any atom is 0.320 e. The summed E-state index contributed by atoms with van der Waals surface area (Å²) in [6, 6.07) is 6.62. The Hall–Kier alpha value is -4.06. The van der Waals surface area contributed by atoms with Crippen molar-refractivity contribution in [2.45, 2.75) is 32.0 Å². The molecule has 168 valence electrons. The summed E-state index contributed by atoms with van der Waals surface area (Å²) in [5.74, 6) is -1.89. The van der Waals surface area contributed by atoms with Crippen LogP contribution in [0.3, 0.4) is 0 Å². The first-order valence-corrected chi connectivity index (χ1v) is 9.75. The van der Waals surface area contributed by atoms with E-state index in [9.17, 15) is 14.7 Å². The molecule has 0 aliphatic heterocycles. The van der Waals surface area contributed by atoms with Gasteiger partial charge in [-0.25, -0.2) is 9.97 Å². The molecule has 0 aliphatic rings. The van der Waals surface area contributed by atoms with Gasteiger partial charge in [-0.2, -0.15) is 9.97 Å². The smallest absolute Gasteiger partial charge is 0.320 e. The minimum absolute atomic E-state index is 0.0143. The molecule has 12 heteroatoms. The number of nitrogens with one attached hydrogen (secondary N) is 1. The number of benzene rings is 1. The molecule has 1 aromatic carbocycles. The average Bonchev–Trinajstić information content (AvgIpc) is 2.74. The summed E-state index contributed by atoms with van der Waals surface area (Å²) in [6.45, 7) is 0.764. The Kier molecular flexibility index (Phi) is 6.95. The molecule has 0 bridgehead atoms. The SMILES string of the molecule is CN(Cc1cnc2nc(N)nc(N)c2n1)c1ccc(CNC(CCC(=O)O)C(=O)O)cc1. The first-order chi connectivity index (χ1) is 15.2. The van der Waals surface area contributed by atoms with Crippen LogP contribution >= 0.6 is 0 Å². The van der Waals surface area contributed by atoms with E-state index in [1.165, 1.54) is 0 Å². The highest BCUT2D eigenvalue weighted by Gasteiger charge is 2.18. The summed E-state index contributed by atoms with van der Waals surface area (Å²) in [5.41, 5.74) is 14.6. The number of rotatable bonds is 10. The molecule has 2 heterocycles. The van der Waals surface area contributed by atoms with Gasteiger partial charge in [-0.15, -0.1) is 0 Å². The summed E-state index contributed by atoms with van der Waals surface area (Å²) in [5, 5.41) is 20.8. The Morgan fingerprint density at radius 3 is 2.50 bits per heavy atom. The van der Waals surface area contributed by atoms with Gasteiger partial charge >= 0.3 is 11.9 Å². The fraction of sp³-hybridized carbons (Fsp3) is 0.300. The highest BCUT2D eigenvalue weighted by molar-refractivity contribution is 5.81. The van der Waals surface area contributed by atoms with Gasteiger partial charge < -0.3 is 31.9 Å². The fourth-order valence-electron chi connectivity index (χ4n) is 3.08. The number of anilines is 3. The van der Waals surface area contributed by atoms with Gasteiger partial charge in [-0.1, -0.05) is 12.1 Å². The molecule has 0 amide bonds. The van der Waals surface area contributed by atoms with E-state index >= 15 is 0 Å². The third-order valence-corrected chi connectivity index (χ3v) is 4.77. The van der Waals surface area contributed by atoms with Crippen molar-refractivity contribution in [3.8, 4) is 0 Å². The highest BCUT2D eigenvalue weighted by atomic mass is 16.4. The van der Waals surface area contributed by atoms with Crippen molar-refractivity contribution in [3.63, 3.8) is 0 Å². The molecule has 0 fully saturated rings. The number of nitrogen functional groups attached to an aromatic ring is 2. The summed E-state index contributed by atoms with van der Waals surface area (Å²) >= 11 is 0. The molecular weight excluding hydrogens is 416 g/mol. The molecule has 0 saturated carbocycles. The maximum atomic E-state index is 11.3. The number of nitrogens with two attached hydrogens (primary N) is 2. The number of aliphatic carboxylic acids is 2. The molecule has 12 nitrogen and oxygen atoms in total. The maximum absolute atomic E-state index is 11.3. The van der Waals surface area contributed by atoms with Crippen molar-refractivity contribution in [3.05, 3.63) is 41.7 Å². The van der Waals surface area contributed by atoms with Crippen LogP contribution in [0.5, 0.6) is 0 Å². The van der Waals surface area contributed by atoms with E-state index in [2.05, 4.69) is 25.3 Å². The van der Waals surface area contributed by atoms with Crippen LogP contribution in [0.15, 0.2) is 30.5 Å². The van der Waals surface area contributed by atoms with Crippen molar-refractivity contribution in [2.24, 2.45) is 0 Å². The largest absolute Gasteiger partial charge is 0.481 e. The Morgan fingerprint density at radius 1 is 1.12 bits per heavy atom. The molecular formula is C20H24N8O4. The fourth-order valence-corrected chi connectivity index (χ4v) is 3.08. The molecule has 1 unspecified atom stereocenters. The van der Waals surface area contributed by atoms with Gasteiger partial charge in [0.1, 0.15) is 6.04 Å². The first kappa shape index (κ1) is 22.6. The normalized spacial score (nSPS) is 11.9. The number of carbonyl (C=O) groups is 2. The van der Waals surface area contributed by atoms with Crippen molar-refractivity contribution in [1.29, 1.82) is 0 Å². The third kappa shape index (κ3) is 5.76. The molecule has 1 atom stereocenters. The highest BCUT2D eigenvalue weighted by Crippen LogP contribution is 2.18. The molecule has 0 spiro atoms. The molecule has 2 aromatic heterocycles. The number of fused-ring (bicyclic) bond motifs is 1. The Labute approximate surface area is 183 Å². The number of carboxylic acid groups (broad SMARTS) is 2. The average molecular weight is 440 g/mol. The van der Waals surface area contributed by atoms with Crippen molar-refractivity contribution < 1.29 is 19.8 Å². The van der Waals surface area contributed by atoms with Crippen LogP contribution in [0.25, 0.3) is 11.2 Å². The van der Waals surface area contributed by atoms with Crippen molar-refractivity contribution in [1.82, 2.24) is 25.3 Å². The Bertz CT molecular complexity index is 1120. The zero-order chi connectivity index (χ0) is 23.3. The minimum atomic E-state index is -1.08. The number of nitrogens with zero attached hydrogens (tertiary/aromatic N) is 5. The standard InChI is InChI=1S/C20H24N8O4/c1-28(10-12-9-24-18-16(25-12)17(21)26-20(22)27-18)13-4-2-11(3-5-13)8-23-14(19(31)32)6-7-15(29)30/h2-5,9,14,23H,6-8,10H2,1H3,(H,29,30)(H,31,32)(H4,21,22,24,26,27). The number of carboxylic acids is 2. The zero-order valence-electron chi connectivity index (χ0n) is 17.4. The second-order valence-corrected chi connectivity index (χ2v) is 7.23. The lowest BCUT2D eigenvalue weighted by atomic mass is 10.1. The van der Waals surface area contributed by atoms with Gasteiger partial charge in [0, 0.05) is 25.7 Å². The molecule has 0 radical (unpaired) electrons. The van der Waals surface area contributed by atoms with Crippen LogP contribution in [-0.2, 0) is 22.7 Å². The molecule has 32 heavy (non-hydrogen) atoms. The van der Waals surface area contributed by atoms with Gasteiger partial charge in [0.25, 0.3) is 0 Å². The first-order valence-electron chi connectivity index (χ1n) is 9.75. The van der Waals surface area contributed by atoms with Gasteiger partial charge in [-0.05, 0) is 24.1 Å². The number of hydrogen-bond acceptors (Lipinski definition) is 10. The molecule has 3 aromatic rings. The molecule has 0 saturated heterocycles. The van der Waals surface area contributed by atoms with E-state index in [4.69, 9.17) is 16.6 Å². The third-order valence-electron chi connectivity index (χ3n) is 4.77. The van der Waals surface area contributed by atoms with E-state index < -0.39 is 18.0 Å². The quantitative estimate of drug-likeness (QED) is 0.295. The second-order valence-electron chi connectivity index (χ2n) is 7.23. The second kappa shape index (κ2) is 9.83. The number of hydrogen-bond donors (Lipinski definition) is 5. The van der Waals surface area contributed by atoms with Gasteiger partial charge in [0.05, 0.1) is 18.4 Å². The van der Waals surface area contributed by atoms with Crippen LogP contribution < -0.4 is 21.7 Å². The van der Waals surface area contributed by atoms with E-state index in [0.717, 1.165) is 11.3 Å². The van der Waals surface area contributed by atoms with E-state index in [-0.39, 0.29) is 24.6 Å². The monoisotopic (exact) mass is 440 g/mol. The van der Waals surface area contributed by atoms with E-state index in [1.54, 1.807) is 6.20 Å². The predicted octanol–water partition coefficient (Wildman–Crippen LogP) is 0.628. The summed E-state index contributed by atoms with van der Waals surface area (Å²) in [6.07, 6.45) is 1.41. The predicted molar refractivity (Wildman–Crippen MR) is 118 cm³/mol. The van der Waals surface area contributed by atoms with Crippen LogP contribution in [0.2, 0.25) is 0 Å². The van der Waals surface area contributed by atoms with Gasteiger partial charge in [-0.3, -0.25) is 9.59 Å². The van der Waals surface area contributed by atoms with Crippen LogP contribution in [0, 0.1) is 0 Å². The molecule has 0 aliphatic carbocycles. The lowest BCUT2D eigenvalue weighted by Gasteiger charge is -2.19. The molecule has 3 rings (SSSR count). The van der Waals surface area contributed by atoms with Gasteiger partial charge in [0.2, 0.25) is 5.95 Å². The lowest BCUT2D eigenvalue weighted by Crippen LogP contribution is -2.36. The van der Waals surface area contributed by atoms with E-state index in [1.807, 2.05) is 36.2 Å². The molecule has 7 N–H and O–H groups in total. The summed E-state index contributed by atoms with van der Waals surface area (Å²) in [4.78, 5) is 40.6. The summed E-state index contributed by atoms with van der Waals surface area (Å²) < 4.78 is 0. The minimum Gasteiger partial charge on any atom is -0.481 e. The zero-order valence-corrected chi connectivity index (χ0v) is 17.4. The summed E-state index contributed by atoms with van der Waals surface area (Å²) in [7, 11) is 1.90. The lowest BCUT2D eigenvalue weighted by molar-refractivity contribution is -0.140. The van der Waals surface area contributed by atoms with Crippen molar-refractivity contribution >= 4 is 40.6 Å². The van der Waals surface area contributed by atoms with Crippen molar-refractivity contribution in [2.75, 3.05) is 23.4 Å². The van der Waals surface area contributed by atoms with Crippen LogP contribution in [0.4, 0.5) is 17.5 Å².